The van der Waals surface area contributed by atoms with Gasteiger partial charge >= 0.3 is 0 Å². The fraction of sp³-hybridized carbons (Fsp3) is 0.412. The summed E-state index contributed by atoms with van der Waals surface area (Å²) in [5.74, 6) is 0.833. The average Bonchev–Trinajstić information content (AvgIpc) is 2.96. The smallest absolute Gasteiger partial charge is 0.163 e. The standard InChI is InChI=1S/C17H20ClN5/c1-3-22-9-6-10-23-14(11-22)15(18)16(20-23)17-19-12-7-4-5-8-13(12)21(17)2/h4-5,7-8H,3,6,9-11H2,1-2H3. The zero-order chi connectivity index (χ0) is 16.0. The van der Waals surface area contributed by atoms with Gasteiger partial charge in [-0.15, -0.1) is 0 Å². The lowest BCUT2D eigenvalue weighted by Crippen LogP contribution is -2.22. The van der Waals surface area contributed by atoms with Crippen LogP contribution in [0.5, 0.6) is 0 Å². The first-order chi connectivity index (χ1) is 11.2. The van der Waals surface area contributed by atoms with E-state index in [9.17, 15) is 0 Å². The van der Waals surface area contributed by atoms with E-state index in [2.05, 4.69) is 27.1 Å². The second-order valence-electron chi connectivity index (χ2n) is 6.04. The molecule has 2 aromatic heterocycles. The molecule has 3 aromatic rings. The third-order valence-electron chi connectivity index (χ3n) is 4.66. The number of aryl methyl sites for hydroxylation is 2. The topological polar surface area (TPSA) is 38.9 Å². The number of fused-ring (bicyclic) bond motifs is 2. The van der Waals surface area contributed by atoms with Crippen LogP contribution in [-0.2, 0) is 20.1 Å². The Hall–Kier alpha value is -1.85. The predicted octanol–water partition coefficient (Wildman–Crippen LogP) is 3.32. The van der Waals surface area contributed by atoms with E-state index in [1.807, 2.05) is 25.2 Å². The summed E-state index contributed by atoms with van der Waals surface area (Å²) in [7, 11) is 2.02. The summed E-state index contributed by atoms with van der Waals surface area (Å²) in [5, 5.41) is 5.52. The Morgan fingerprint density at radius 1 is 1.22 bits per heavy atom. The zero-order valence-corrected chi connectivity index (χ0v) is 14.2. The Kier molecular flexibility index (Phi) is 3.62. The first-order valence-corrected chi connectivity index (χ1v) is 8.46. The molecule has 0 aliphatic carbocycles. The molecular weight excluding hydrogens is 310 g/mol. The van der Waals surface area contributed by atoms with Crippen LogP contribution in [0, 0.1) is 0 Å². The Morgan fingerprint density at radius 2 is 2.04 bits per heavy atom. The molecule has 0 N–H and O–H groups in total. The van der Waals surface area contributed by atoms with Crippen molar-refractivity contribution in [3.8, 4) is 11.5 Å². The molecule has 0 bridgehead atoms. The monoisotopic (exact) mass is 329 g/mol. The van der Waals surface area contributed by atoms with Crippen LogP contribution < -0.4 is 0 Å². The Labute approximate surface area is 140 Å². The molecule has 1 aliphatic rings. The fourth-order valence-corrected chi connectivity index (χ4v) is 3.60. The molecule has 0 spiro atoms. The fourth-order valence-electron chi connectivity index (χ4n) is 3.32. The summed E-state index contributed by atoms with van der Waals surface area (Å²) in [5.41, 5.74) is 3.96. The highest BCUT2D eigenvalue weighted by Crippen LogP contribution is 2.33. The van der Waals surface area contributed by atoms with Gasteiger partial charge < -0.3 is 4.57 Å². The maximum absolute atomic E-state index is 6.71. The molecule has 3 heterocycles. The van der Waals surface area contributed by atoms with E-state index >= 15 is 0 Å². The van der Waals surface area contributed by atoms with Crippen LogP contribution in [0.15, 0.2) is 24.3 Å². The summed E-state index contributed by atoms with van der Waals surface area (Å²) in [4.78, 5) is 7.15. The summed E-state index contributed by atoms with van der Waals surface area (Å²) in [6, 6.07) is 8.12. The van der Waals surface area contributed by atoms with Gasteiger partial charge in [0.2, 0.25) is 0 Å². The average molecular weight is 330 g/mol. The molecular formula is C17H20ClN5. The van der Waals surface area contributed by atoms with Crippen molar-refractivity contribution in [2.24, 2.45) is 7.05 Å². The largest absolute Gasteiger partial charge is 0.326 e. The van der Waals surface area contributed by atoms with E-state index in [1.54, 1.807) is 0 Å². The molecule has 0 radical (unpaired) electrons. The molecule has 0 atom stereocenters. The van der Waals surface area contributed by atoms with Crippen LogP contribution in [0.2, 0.25) is 5.02 Å². The molecule has 4 rings (SSSR count). The molecule has 0 amide bonds. The first kappa shape index (κ1) is 14.7. The van der Waals surface area contributed by atoms with Crippen LogP contribution in [0.3, 0.4) is 0 Å². The summed E-state index contributed by atoms with van der Waals surface area (Å²) in [6.07, 6.45) is 1.10. The van der Waals surface area contributed by atoms with E-state index in [1.165, 1.54) is 0 Å². The number of benzene rings is 1. The SMILES string of the molecule is CCN1CCCn2nc(-c3nc4ccccc4n3C)c(Cl)c2C1. The lowest BCUT2D eigenvalue weighted by molar-refractivity contribution is 0.285. The van der Waals surface area contributed by atoms with Gasteiger partial charge in [0, 0.05) is 26.7 Å². The number of hydrogen-bond donors (Lipinski definition) is 0. The van der Waals surface area contributed by atoms with Crippen LogP contribution in [0.25, 0.3) is 22.6 Å². The highest BCUT2D eigenvalue weighted by Gasteiger charge is 2.24. The van der Waals surface area contributed by atoms with Crippen molar-refractivity contribution in [2.75, 3.05) is 13.1 Å². The lowest BCUT2D eigenvalue weighted by atomic mass is 10.3. The molecule has 23 heavy (non-hydrogen) atoms. The minimum Gasteiger partial charge on any atom is -0.326 e. The Morgan fingerprint density at radius 3 is 2.83 bits per heavy atom. The first-order valence-electron chi connectivity index (χ1n) is 8.08. The van der Waals surface area contributed by atoms with Crippen molar-refractivity contribution < 1.29 is 0 Å². The molecule has 0 saturated heterocycles. The summed E-state index contributed by atoms with van der Waals surface area (Å²) in [6.45, 7) is 6.08. The number of aromatic nitrogens is 4. The number of imidazole rings is 1. The second-order valence-corrected chi connectivity index (χ2v) is 6.42. The molecule has 1 aliphatic heterocycles. The molecule has 0 saturated carbocycles. The third kappa shape index (κ3) is 2.35. The van der Waals surface area contributed by atoms with E-state index in [4.69, 9.17) is 21.7 Å². The maximum Gasteiger partial charge on any atom is 0.163 e. The zero-order valence-electron chi connectivity index (χ0n) is 13.5. The van der Waals surface area contributed by atoms with Crippen LogP contribution in [0.4, 0.5) is 0 Å². The van der Waals surface area contributed by atoms with Gasteiger partial charge in [-0.2, -0.15) is 5.10 Å². The number of rotatable bonds is 2. The number of nitrogens with zero attached hydrogens (tertiary/aromatic N) is 5. The van der Waals surface area contributed by atoms with Crippen LogP contribution in [-0.4, -0.2) is 37.3 Å². The Balaban J connectivity index is 1.85. The van der Waals surface area contributed by atoms with Gasteiger partial charge in [-0.3, -0.25) is 9.58 Å². The molecule has 0 unspecified atom stereocenters. The quantitative estimate of drug-likeness (QED) is 0.724. The molecule has 0 fully saturated rings. The number of hydrogen-bond acceptors (Lipinski definition) is 3. The predicted molar refractivity (Wildman–Crippen MR) is 92.5 cm³/mol. The van der Waals surface area contributed by atoms with Crippen molar-refractivity contribution in [2.45, 2.75) is 26.4 Å². The molecule has 120 valence electrons. The number of halogens is 1. The molecule has 1 aromatic carbocycles. The van der Waals surface area contributed by atoms with Crippen LogP contribution in [0.1, 0.15) is 19.0 Å². The van der Waals surface area contributed by atoms with Gasteiger partial charge in [0.1, 0.15) is 5.69 Å². The number of para-hydroxylation sites is 2. The summed E-state index contributed by atoms with van der Waals surface area (Å²) < 4.78 is 4.13. The molecule has 6 heteroatoms. The van der Waals surface area contributed by atoms with Gasteiger partial charge in [0.15, 0.2) is 5.82 Å². The van der Waals surface area contributed by atoms with Gasteiger partial charge in [-0.1, -0.05) is 30.7 Å². The van der Waals surface area contributed by atoms with Gasteiger partial charge in [-0.25, -0.2) is 4.98 Å². The Bertz CT molecular complexity index is 863. The van der Waals surface area contributed by atoms with Crippen LogP contribution >= 0.6 is 11.6 Å². The third-order valence-corrected chi connectivity index (χ3v) is 5.05. The van der Waals surface area contributed by atoms with Gasteiger partial charge in [-0.05, 0) is 25.1 Å². The van der Waals surface area contributed by atoms with E-state index in [0.717, 1.165) is 65.9 Å². The van der Waals surface area contributed by atoms with Crippen molar-refractivity contribution in [3.63, 3.8) is 0 Å². The van der Waals surface area contributed by atoms with E-state index in [0.29, 0.717) is 0 Å². The van der Waals surface area contributed by atoms with Crippen molar-refractivity contribution in [1.29, 1.82) is 0 Å². The maximum atomic E-state index is 6.71. The van der Waals surface area contributed by atoms with Gasteiger partial charge in [0.25, 0.3) is 0 Å². The van der Waals surface area contributed by atoms with Crippen molar-refractivity contribution in [1.82, 2.24) is 24.2 Å². The van der Waals surface area contributed by atoms with E-state index in [-0.39, 0.29) is 0 Å². The van der Waals surface area contributed by atoms with Crippen molar-refractivity contribution in [3.05, 3.63) is 35.0 Å². The minimum atomic E-state index is 0.740. The normalized spacial score (nSPS) is 15.8. The highest BCUT2D eigenvalue weighted by atomic mass is 35.5. The molecule has 5 nitrogen and oxygen atoms in total. The second kappa shape index (κ2) is 5.65. The minimum absolute atomic E-state index is 0.740. The van der Waals surface area contributed by atoms with E-state index < -0.39 is 0 Å². The van der Waals surface area contributed by atoms with Crippen molar-refractivity contribution >= 4 is 22.6 Å². The summed E-state index contributed by atoms with van der Waals surface area (Å²) >= 11 is 6.71. The van der Waals surface area contributed by atoms with Gasteiger partial charge in [0.05, 0.1) is 21.7 Å². The highest BCUT2D eigenvalue weighted by molar-refractivity contribution is 6.33. The lowest BCUT2D eigenvalue weighted by Gasteiger charge is -2.16.